The number of unbranched alkanes of at least 4 members (excludes halogenated alkanes) is 42. The van der Waals surface area contributed by atoms with Gasteiger partial charge in [0.25, 0.3) is 0 Å². The highest BCUT2D eigenvalue weighted by Crippen LogP contribution is 2.44. The van der Waals surface area contributed by atoms with Gasteiger partial charge in [0.05, 0.1) is 5.69 Å². The second-order valence-electron chi connectivity index (χ2n) is 31.4. The number of hydrogen-bond acceptors (Lipinski definition) is 7. The Morgan fingerprint density at radius 2 is 0.400 bits per heavy atom. The van der Waals surface area contributed by atoms with Crippen molar-refractivity contribution >= 4 is 51.8 Å². The number of rotatable bonds is 63. The number of anilines is 9. The fraction of sp³-hybridized carbons (Fsp3) is 0.612. The topological polar surface area (TPSA) is 61.3 Å². The highest BCUT2D eigenvalue weighted by Gasteiger charge is 2.26. The van der Waals surface area contributed by atoms with Crippen LogP contribution < -0.4 is 14.7 Å². The van der Waals surface area contributed by atoms with Crippen molar-refractivity contribution in [2.24, 2.45) is 0 Å². The molecule has 4 aromatic heterocycles. The normalized spacial score (nSPS) is 11.5. The molecule has 0 bridgehead atoms. The lowest BCUT2D eigenvalue weighted by atomic mass is 10.0. The van der Waals surface area contributed by atoms with Gasteiger partial charge in [-0.2, -0.15) is 0 Å². The molecule has 7 aromatic rings. The minimum absolute atomic E-state index is 0.814. The van der Waals surface area contributed by atoms with E-state index in [9.17, 15) is 0 Å². The van der Waals surface area contributed by atoms with E-state index in [0.717, 1.165) is 127 Å². The van der Waals surface area contributed by atoms with E-state index < -0.39 is 0 Å². The highest BCUT2D eigenvalue weighted by molar-refractivity contribution is 5.85. The number of benzene rings is 3. The number of hydrogen-bond donors (Lipinski definition) is 0. The zero-order valence-electron chi connectivity index (χ0n) is 68.1. The fourth-order valence-electron chi connectivity index (χ4n) is 15.5. The fourth-order valence-corrected chi connectivity index (χ4v) is 15.5. The lowest BCUT2D eigenvalue weighted by Gasteiger charge is -2.31. The highest BCUT2D eigenvalue weighted by atomic mass is 15.3. The summed E-state index contributed by atoms with van der Waals surface area (Å²) in [5.41, 5.74) is 11.8. The quantitative estimate of drug-likeness (QED) is 0.0352. The van der Waals surface area contributed by atoms with Crippen LogP contribution >= 0.6 is 0 Å². The third-order valence-corrected chi connectivity index (χ3v) is 21.9. The van der Waals surface area contributed by atoms with Crippen molar-refractivity contribution < 1.29 is 0 Å². The monoisotopic (exact) mass is 1420 g/mol. The number of pyridine rings is 4. The van der Waals surface area contributed by atoms with E-state index in [1.54, 1.807) is 0 Å². The molecule has 7 heteroatoms. The smallest absolute Gasteiger partial charge is 0.143 e. The molecule has 0 amide bonds. The Balaban J connectivity index is 1.42. The molecule has 105 heavy (non-hydrogen) atoms. The lowest BCUT2D eigenvalue weighted by molar-refractivity contribution is 0.574. The van der Waals surface area contributed by atoms with Gasteiger partial charge in [-0.25, -0.2) is 19.9 Å². The van der Waals surface area contributed by atoms with E-state index in [2.05, 4.69) is 196 Å². The first kappa shape index (κ1) is 85.9. The van der Waals surface area contributed by atoms with Crippen molar-refractivity contribution in [2.75, 3.05) is 14.7 Å². The van der Waals surface area contributed by atoms with Gasteiger partial charge in [0.1, 0.15) is 29.1 Å². The van der Waals surface area contributed by atoms with Crippen LogP contribution in [-0.2, 0) is 38.5 Å². The molecule has 0 saturated heterocycles. The molecular weight excluding hydrogens is 1280 g/mol. The van der Waals surface area contributed by atoms with Crippen LogP contribution in [0.2, 0.25) is 0 Å². The van der Waals surface area contributed by atoms with Crippen molar-refractivity contribution in [1.29, 1.82) is 0 Å². The molecule has 0 aliphatic heterocycles. The molecule has 3 aromatic carbocycles. The molecule has 0 fully saturated rings. The predicted molar refractivity (Wildman–Crippen MR) is 460 cm³/mol. The molecule has 7 nitrogen and oxygen atoms in total. The first-order valence-electron chi connectivity index (χ1n) is 44.5. The Morgan fingerprint density at radius 1 is 0.181 bits per heavy atom. The number of aryl methyl sites for hydroxylation is 6. The van der Waals surface area contributed by atoms with Crippen LogP contribution in [0.25, 0.3) is 0 Å². The van der Waals surface area contributed by atoms with Crippen molar-refractivity contribution in [3.05, 3.63) is 173 Å². The Labute approximate surface area is 644 Å². The van der Waals surface area contributed by atoms with Gasteiger partial charge >= 0.3 is 0 Å². The summed E-state index contributed by atoms with van der Waals surface area (Å²) in [5.74, 6) is 4.33. The van der Waals surface area contributed by atoms with Crippen molar-refractivity contribution in [3.8, 4) is 0 Å². The molecule has 0 spiro atoms. The summed E-state index contributed by atoms with van der Waals surface area (Å²) in [6.07, 6.45) is 68.1. The van der Waals surface area contributed by atoms with Gasteiger partial charge < -0.3 is 0 Å². The van der Waals surface area contributed by atoms with E-state index in [4.69, 9.17) is 19.9 Å². The average molecular weight is 1430 g/mol. The van der Waals surface area contributed by atoms with E-state index in [1.165, 1.54) is 306 Å². The molecule has 7 rings (SSSR count). The van der Waals surface area contributed by atoms with Crippen LogP contribution in [0.1, 0.15) is 384 Å². The third-order valence-electron chi connectivity index (χ3n) is 21.9. The third kappa shape index (κ3) is 34.2. The summed E-state index contributed by atoms with van der Waals surface area (Å²) >= 11 is 0. The Morgan fingerprint density at radius 3 is 0.667 bits per heavy atom. The largest absolute Gasteiger partial charge is 0.295 e. The van der Waals surface area contributed by atoms with E-state index in [0.29, 0.717) is 0 Å². The van der Waals surface area contributed by atoms with Gasteiger partial charge in [0, 0.05) is 46.3 Å². The molecule has 0 saturated carbocycles. The lowest BCUT2D eigenvalue weighted by Crippen LogP contribution is -2.20. The van der Waals surface area contributed by atoms with Gasteiger partial charge in [-0.3, -0.25) is 14.7 Å². The van der Waals surface area contributed by atoms with Crippen molar-refractivity contribution in [3.63, 3.8) is 0 Å². The maximum absolute atomic E-state index is 6.12. The molecule has 0 N–H and O–H groups in total. The maximum atomic E-state index is 6.12. The first-order chi connectivity index (χ1) is 51.9. The summed E-state index contributed by atoms with van der Waals surface area (Å²) in [5, 5.41) is 0. The van der Waals surface area contributed by atoms with Gasteiger partial charge in [-0.15, -0.1) is 0 Å². The Bertz CT molecular complexity index is 2770. The Hall–Kier alpha value is -6.34. The van der Waals surface area contributed by atoms with E-state index in [1.807, 2.05) is 0 Å². The van der Waals surface area contributed by atoms with Crippen LogP contribution in [-0.4, -0.2) is 19.9 Å². The summed E-state index contributed by atoms with van der Waals surface area (Å²) in [7, 11) is 0. The molecule has 0 aliphatic carbocycles. The molecule has 4 heterocycles. The van der Waals surface area contributed by atoms with Crippen LogP contribution in [0, 0.1) is 0 Å². The summed E-state index contributed by atoms with van der Waals surface area (Å²) < 4.78 is 0. The summed E-state index contributed by atoms with van der Waals surface area (Å²) in [4.78, 5) is 30.6. The first-order valence-corrected chi connectivity index (χ1v) is 44.5. The zero-order valence-corrected chi connectivity index (χ0v) is 68.1. The van der Waals surface area contributed by atoms with Crippen LogP contribution in [0.4, 0.5) is 51.8 Å². The SMILES string of the molecule is CCCCCCCCCCc1cccc(N(c2cc(N(c3cccc(CCCCCCCCCC)c3)c3cccc(CCCCCCCCCC)n3)nc(N(c3cccc(CCCCCCCCCC)c3)c3cccc(CCCCCCCCCC)n3)c2)c2cccc(CCCCCCCCCC)n2)c1. The average Bonchev–Trinajstić information content (AvgIpc) is 0.761. The minimum atomic E-state index is 0.814. The van der Waals surface area contributed by atoms with E-state index >= 15 is 0 Å². The summed E-state index contributed by atoms with van der Waals surface area (Å²) in [6, 6.07) is 53.3. The molecular formula is C98H149N7. The van der Waals surface area contributed by atoms with E-state index in [-0.39, 0.29) is 0 Å². The van der Waals surface area contributed by atoms with Crippen LogP contribution in [0.15, 0.2) is 140 Å². The molecule has 0 radical (unpaired) electrons. The number of aromatic nitrogens is 4. The minimum Gasteiger partial charge on any atom is -0.295 e. The second kappa shape index (κ2) is 55.1. The van der Waals surface area contributed by atoms with Gasteiger partial charge in [-0.1, -0.05) is 366 Å². The van der Waals surface area contributed by atoms with Crippen LogP contribution in [0.3, 0.4) is 0 Å². The van der Waals surface area contributed by atoms with Gasteiger partial charge in [-0.05, 0) is 167 Å². The zero-order chi connectivity index (χ0) is 73.7. The van der Waals surface area contributed by atoms with Crippen LogP contribution in [0.5, 0.6) is 0 Å². The second-order valence-corrected chi connectivity index (χ2v) is 31.4. The standard InChI is InChI=1S/C98H149N7/c1-7-13-19-25-31-37-43-49-61-84-64-55-73-90(79-84)103(94-76-58-70-87(99-94)67-52-46-40-34-28-22-16-10-4)93-82-97(104(91-74-56-65-85(80-91)62-50-44-38-32-26-20-14-8-2)95-77-59-71-88(100-95)68-53-47-41-35-29-23-17-11-5)102-98(83-93)105(92-75-57-66-86(81-92)63-51-45-39-33-27-21-15-9-3)96-78-60-72-89(101-96)69-54-48-42-36-30-24-18-12-6/h55-60,64-66,70-83H,7-54,61-63,67-69H2,1-6H3. The maximum Gasteiger partial charge on any atom is 0.143 e. The predicted octanol–water partition coefficient (Wildman–Crippen LogP) is 31.8. The van der Waals surface area contributed by atoms with Crippen molar-refractivity contribution in [2.45, 2.75) is 388 Å². The van der Waals surface area contributed by atoms with Gasteiger partial charge in [0.15, 0.2) is 0 Å². The molecule has 576 valence electrons. The summed E-state index contributed by atoms with van der Waals surface area (Å²) in [6.45, 7) is 13.9. The molecule has 0 atom stereocenters. The van der Waals surface area contributed by atoms with Crippen molar-refractivity contribution in [1.82, 2.24) is 19.9 Å². The Kier molecular flexibility index (Phi) is 45.1. The molecule has 0 aliphatic rings. The van der Waals surface area contributed by atoms with Gasteiger partial charge in [0.2, 0.25) is 0 Å². The number of nitrogens with zero attached hydrogens (tertiary/aromatic N) is 7. The molecule has 0 unspecified atom stereocenters.